The summed E-state index contributed by atoms with van der Waals surface area (Å²) in [5.74, 6) is 0.758. The van der Waals surface area contributed by atoms with E-state index in [2.05, 4.69) is 34.5 Å². The van der Waals surface area contributed by atoms with Crippen molar-refractivity contribution in [3.05, 3.63) is 17.5 Å². The van der Waals surface area contributed by atoms with Crippen LogP contribution in [0, 0.1) is 5.92 Å². The van der Waals surface area contributed by atoms with Crippen molar-refractivity contribution < 1.29 is 9.63 Å². The van der Waals surface area contributed by atoms with E-state index in [1.807, 2.05) is 0 Å². The minimum atomic E-state index is -0.0686. The van der Waals surface area contributed by atoms with Gasteiger partial charge in [-0.2, -0.15) is 5.10 Å². The number of H-pyrrole nitrogens is 1. The van der Waals surface area contributed by atoms with Crippen LogP contribution in [-0.4, -0.2) is 34.5 Å². The smallest absolute Gasteiger partial charge is 0.254 e. The fraction of sp³-hybridized carbons (Fsp3) is 0.706. The lowest BCUT2D eigenvalue weighted by molar-refractivity contribution is 0.0752. The van der Waals surface area contributed by atoms with Gasteiger partial charge in [0.15, 0.2) is 0 Å². The van der Waals surface area contributed by atoms with Crippen molar-refractivity contribution >= 4 is 11.6 Å². The van der Waals surface area contributed by atoms with Crippen LogP contribution in [0.25, 0.3) is 0 Å². The number of nitrogens with zero attached hydrogens (tertiary/aromatic N) is 2. The van der Waals surface area contributed by atoms with Crippen molar-refractivity contribution in [1.82, 2.24) is 15.5 Å². The largest absolute Gasteiger partial charge is 0.390 e. The summed E-state index contributed by atoms with van der Waals surface area (Å²) in [5.41, 5.74) is 2.74. The number of carbonyl (C=O) groups is 1. The summed E-state index contributed by atoms with van der Waals surface area (Å²) in [6.07, 6.45) is 8.42. The van der Waals surface area contributed by atoms with Gasteiger partial charge in [-0.05, 0) is 18.8 Å². The lowest BCUT2D eigenvalue weighted by atomic mass is 9.85. The maximum absolute atomic E-state index is 12.5. The molecule has 2 heterocycles. The number of nitrogens with one attached hydrogen (secondary N) is 2. The Bertz CT molecular complexity index is 573. The fourth-order valence-corrected chi connectivity index (χ4v) is 3.38. The first kappa shape index (κ1) is 16.0. The number of amides is 1. The maximum Gasteiger partial charge on any atom is 0.254 e. The minimum absolute atomic E-state index is 0.0543. The molecule has 1 aliphatic heterocycles. The van der Waals surface area contributed by atoms with E-state index in [0.29, 0.717) is 23.9 Å². The average molecular weight is 318 g/mol. The molecule has 1 aromatic rings. The molecule has 0 saturated heterocycles. The molecule has 0 unspecified atom stereocenters. The van der Waals surface area contributed by atoms with Gasteiger partial charge in [0.1, 0.15) is 6.10 Å². The van der Waals surface area contributed by atoms with Crippen LogP contribution in [0.4, 0.5) is 0 Å². The first-order valence-corrected chi connectivity index (χ1v) is 8.69. The summed E-state index contributed by atoms with van der Waals surface area (Å²) >= 11 is 0. The van der Waals surface area contributed by atoms with Gasteiger partial charge in [0.25, 0.3) is 5.91 Å². The van der Waals surface area contributed by atoms with Gasteiger partial charge in [-0.3, -0.25) is 9.89 Å². The Balaban J connectivity index is 1.54. The van der Waals surface area contributed by atoms with Crippen molar-refractivity contribution in [2.24, 2.45) is 11.1 Å². The molecule has 1 saturated carbocycles. The highest BCUT2D eigenvalue weighted by atomic mass is 16.6. The quantitative estimate of drug-likeness (QED) is 0.876. The van der Waals surface area contributed by atoms with E-state index >= 15 is 0 Å². The lowest BCUT2D eigenvalue weighted by Gasteiger charge is -2.21. The summed E-state index contributed by atoms with van der Waals surface area (Å²) in [5, 5.41) is 14.2. The molecule has 23 heavy (non-hydrogen) atoms. The molecule has 1 fully saturated rings. The molecule has 0 spiro atoms. The van der Waals surface area contributed by atoms with Gasteiger partial charge in [0, 0.05) is 12.3 Å². The molecule has 126 valence electrons. The first-order valence-electron chi connectivity index (χ1n) is 8.69. The van der Waals surface area contributed by atoms with E-state index in [4.69, 9.17) is 4.84 Å². The average Bonchev–Trinajstić information content (AvgIpc) is 3.23. The molecule has 6 heteroatoms. The minimum Gasteiger partial charge on any atom is -0.390 e. The van der Waals surface area contributed by atoms with Gasteiger partial charge in [-0.25, -0.2) is 0 Å². The number of carbonyl (C=O) groups excluding carboxylic acids is 1. The molecule has 6 nitrogen and oxygen atoms in total. The van der Waals surface area contributed by atoms with Crippen molar-refractivity contribution in [3.8, 4) is 0 Å². The second kappa shape index (κ2) is 7.15. The maximum atomic E-state index is 12.5. The van der Waals surface area contributed by atoms with Crippen molar-refractivity contribution in [1.29, 1.82) is 0 Å². The van der Waals surface area contributed by atoms with E-state index in [0.717, 1.165) is 30.7 Å². The third-order valence-corrected chi connectivity index (χ3v) is 4.84. The number of aromatic amines is 1. The highest BCUT2D eigenvalue weighted by Crippen LogP contribution is 2.33. The number of hydrogen-bond donors (Lipinski definition) is 2. The Labute approximate surface area is 137 Å². The fourth-order valence-electron chi connectivity index (χ4n) is 3.38. The van der Waals surface area contributed by atoms with Crippen LogP contribution in [0.3, 0.4) is 0 Å². The standard InChI is InChI=1S/C17H26N4O2/c1-11(2)15-8-13(23-21-15)9-18-17(22)14-10-19-20-16(14)12-6-4-3-5-7-12/h10-13H,3-9H2,1-2H3,(H,18,22)(H,19,20)/t13-/m0/s1. The highest BCUT2D eigenvalue weighted by Gasteiger charge is 2.26. The van der Waals surface area contributed by atoms with E-state index in [-0.39, 0.29) is 12.0 Å². The zero-order valence-corrected chi connectivity index (χ0v) is 14.0. The number of hydrogen-bond acceptors (Lipinski definition) is 4. The van der Waals surface area contributed by atoms with E-state index in [1.165, 1.54) is 19.3 Å². The second-order valence-corrected chi connectivity index (χ2v) is 6.91. The Morgan fingerprint density at radius 3 is 2.87 bits per heavy atom. The monoisotopic (exact) mass is 318 g/mol. The van der Waals surface area contributed by atoms with E-state index in [9.17, 15) is 4.79 Å². The molecule has 1 aliphatic carbocycles. The topological polar surface area (TPSA) is 79.4 Å². The van der Waals surface area contributed by atoms with Crippen LogP contribution < -0.4 is 5.32 Å². The predicted octanol–water partition coefficient (Wildman–Crippen LogP) is 2.99. The van der Waals surface area contributed by atoms with E-state index < -0.39 is 0 Å². The zero-order chi connectivity index (χ0) is 16.2. The molecule has 2 N–H and O–H groups in total. The molecular formula is C17H26N4O2. The SMILES string of the molecule is CC(C)C1=NO[C@H](CNC(=O)c2cn[nH]c2C2CCCCC2)C1. The van der Waals surface area contributed by atoms with Gasteiger partial charge in [0.05, 0.1) is 29.7 Å². The number of rotatable bonds is 5. The van der Waals surface area contributed by atoms with Crippen LogP contribution >= 0.6 is 0 Å². The summed E-state index contributed by atoms with van der Waals surface area (Å²) in [6, 6.07) is 0. The van der Waals surface area contributed by atoms with Crippen molar-refractivity contribution in [2.45, 2.75) is 64.4 Å². The molecule has 1 atom stereocenters. The summed E-state index contributed by atoms with van der Waals surface area (Å²) in [7, 11) is 0. The van der Waals surface area contributed by atoms with Crippen LogP contribution in [0.1, 0.15) is 74.3 Å². The summed E-state index contributed by atoms with van der Waals surface area (Å²) < 4.78 is 0. The number of aromatic nitrogens is 2. The molecule has 1 aromatic heterocycles. The van der Waals surface area contributed by atoms with Gasteiger partial charge < -0.3 is 10.2 Å². The summed E-state index contributed by atoms with van der Waals surface area (Å²) in [4.78, 5) is 17.9. The molecular weight excluding hydrogens is 292 g/mol. The zero-order valence-electron chi connectivity index (χ0n) is 14.0. The Morgan fingerprint density at radius 2 is 2.17 bits per heavy atom. The van der Waals surface area contributed by atoms with Gasteiger partial charge in [-0.15, -0.1) is 0 Å². The van der Waals surface area contributed by atoms with Crippen LogP contribution in [-0.2, 0) is 4.84 Å². The predicted molar refractivity (Wildman–Crippen MR) is 88.5 cm³/mol. The molecule has 0 radical (unpaired) electrons. The van der Waals surface area contributed by atoms with Crippen molar-refractivity contribution in [3.63, 3.8) is 0 Å². The molecule has 3 rings (SSSR count). The summed E-state index contributed by atoms with van der Waals surface area (Å²) in [6.45, 7) is 4.68. The second-order valence-electron chi connectivity index (χ2n) is 6.91. The van der Waals surface area contributed by atoms with Crippen LogP contribution in [0.15, 0.2) is 11.4 Å². The van der Waals surface area contributed by atoms with Crippen LogP contribution in [0.5, 0.6) is 0 Å². The number of oxime groups is 1. The Kier molecular flexibility index (Phi) is 4.98. The third-order valence-electron chi connectivity index (χ3n) is 4.84. The molecule has 0 bridgehead atoms. The Morgan fingerprint density at radius 1 is 1.39 bits per heavy atom. The van der Waals surface area contributed by atoms with Gasteiger partial charge in [0.2, 0.25) is 0 Å². The first-order chi connectivity index (χ1) is 11.1. The highest BCUT2D eigenvalue weighted by molar-refractivity contribution is 5.95. The van der Waals surface area contributed by atoms with Gasteiger partial charge in [-0.1, -0.05) is 38.3 Å². The normalized spacial score (nSPS) is 22.0. The van der Waals surface area contributed by atoms with Gasteiger partial charge >= 0.3 is 0 Å². The molecule has 1 amide bonds. The molecule has 2 aliphatic rings. The van der Waals surface area contributed by atoms with E-state index in [1.54, 1.807) is 6.20 Å². The lowest BCUT2D eigenvalue weighted by Crippen LogP contribution is -2.33. The third kappa shape index (κ3) is 3.74. The van der Waals surface area contributed by atoms with Crippen LogP contribution in [0.2, 0.25) is 0 Å². The van der Waals surface area contributed by atoms with Crippen molar-refractivity contribution in [2.75, 3.05) is 6.54 Å². The Hall–Kier alpha value is -1.85. The molecule has 0 aromatic carbocycles.